The molecule has 1 fully saturated rings. The monoisotopic (exact) mass is 239 g/mol. The van der Waals surface area contributed by atoms with Crippen LogP contribution in [0, 0.1) is 10.1 Å². The molecule has 0 aromatic carbocycles. The number of aliphatic hydroxyl groups excluding tert-OH is 5. The summed E-state index contributed by atoms with van der Waals surface area (Å²) >= 11 is 0. The van der Waals surface area contributed by atoms with Crippen molar-refractivity contribution in [2.75, 3.05) is 6.61 Å². The zero-order chi connectivity index (χ0) is 12.7. The van der Waals surface area contributed by atoms with Crippen LogP contribution >= 0.6 is 0 Å². The Morgan fingerprint density at radius 1 is 1.12 bits per heavy atom. The second-order valence-electron chi connectivity index (χ2n) is 3.80. The van der Waals surface area contributed by atoms with E-state index in [-0.39, 0.29) is 0 Å². The maximum absolute atomic E-state index is 10.6. The first-order chi connectivity index (χ1) is 7.27. The van der Waals surface area contributed by atoms with Gasteiger partial charge in [0.05, 0.1) is 6.61 Å². The molecule has 9 heteroatoms. The third-order valence-corrected chi connectivity index (χ3v) is 2.85. The van der Waals surface area contributed by atoms with Gasteiger partial charge in [-0.25, -0.2) is 0 Å². The van der Waals surface area contributed by atoms with Gasteiger partial charge >= 0.3 is 0 Å². The lowest BCUT2D eigenvalue weighted by atomic mass is 9.74. The van der Waals surface area contributed by atoms with E-state index < -0.39 is 47.6 Å². The van der Waals surface area contributed by atoms with Crippen molar-refractivity contribution < 1.29 is 35.6 Å². The van der Waals surface area contributed by atoms with E-state index in [1.54, 1.807) is 0 Å². The number of nitro groups is 1. The van der Waals surface area contributed by atoms with Crippen LogP contribution in [0.25, 0.3) is 0 Å². The fourth-order valence-corrected chi connectivity index (χ4v) is 1.84. The lowest BCUT2D eigenvalue weighted by Gasteiger charge is -2.44. The molecule has 1 aliphatic rings. The van der Waals surface area contributed by atoms with E-state index in [4.69, 9.17) is 5.11 Å². The van der Waals surface area contributed by atoms with Crippen LogP contribution in [0.3, 0.4) is 0 Å². The zero-order valence-electron chi connectivity index (χ0n) is 8.04. The van der Waals surface area contributed by atoms with Gasteiger partial charge in [0.1, 0.15) is 18.3 Å². The predicted octanol–water partition coefficient (Wildman–Crippen LogP) is -4.19. The highest BCUT2D eigenvalue weighted by molar-refractivity contribution is 5.08. The normalized spacial score (nSPS) is 49.0. The second-order valence-corrected chi connectivity index (χ2v) is 3.80. The molecule has 0 amide bonds. The average molecular weight is 239 g/mol. The van der Waals surface area contributed by atoms with Gasteiger partial charge in [0.15, 0.2) is 11.7 Å². The van der Waals surface area contributed by atoms with Gasteiger partial charge in [0.25, 0.3) is 6.04 Å². The third kappa shape index (κ3) is 1.67. The number of aliphatic hydroxyl groups is 6. The van der Waals surface area contributed by atoms with E-state index in [1.807, 2.05) is 0 Å². The Hall–Kier alpha value is -0.840. The SMILES string of the molecule is O=[N+]([O-])[C@H]1[C@H](O)[C@@H](O)[C@@H](O)[C@H](O)[C@]1(O)CO. The van der Waals surface area contributed by atoms with Crippen LogP contribution in [0.2, 0.25) is 0 Å². The summed E-state index contributed by atoms with van der Waals surface area (Å²) in [6.07, 6.45) is -8.18. The molecule has 0 unspecified atom stereocenters. The molecule has 0 aromatic heterocycles. The summed E-state index contributed by atoms with van der Waals surface area (Å²) in [5.41, 5.74) is -2.71. The van der Waals surface area contributed by atoms with Crippen molar-refractivity contribution in [3.8, 4) is 0 Å². The molecule has 0 spiro atoms. The molecule has 1 rings (SSSR count). The lowest BCUT2D eigenvalue weighted by Crippen LogP contribution is -2.74. The highest BCUT2D eigenvalue weighted by atomic mass is 16.6. The minimum atomic E-state index is -2.71. The zero-order valence-corrected chi connectivity index (χ0v) is 8.04. The van der Waals surface area contributed by atoms with Crippen molar-refractivity contribution in [3.05, 3.63) is 10.1 Å². The molecule has 1 saturated carbocycles. The van der Waals surface area contributed by atoms with Gasteiger partial charge in [-0.1, -0.05) is 0 Å². The van der Waals surface area contributed by atoms with E-state index in [1.165, 1.54) is 0 Å². The van der Waals surface area contributed by atoms with E-state index in [0.29, 0.717) is 0 Å². The first kappa shape index (κ1) is 13.2. The van der Waals surface area contributed by atoms with E-state index >= 15 is 0 Å². The van der Waals surface area contributed by atoms with Crippen LogP contribution in [0.4, 0.5) is 0 Å². The second kappa shape index (κ2) is 4.20. The van der Waals surface area contributed by atoms with Crippen LogP contribution in [-0.4, -0.2) is 78.2 Å². The molecule has 94 valence electrons. The number of hydrogen-bond donors (Lipinski definition) is 6. The fraction of sp³-hybridized carbons (Fsp3) is 1.00. The first-order valence-electron chi connectivity index (χ1n) is 4.46. The van der Waals surface area contributed by atoms with Crippen molar-refractivity contribution in [2.24, 2.45) is 0 Å². The number of rotatable bonds is 2. The molecular weight excluding hydrogens is 226 g/mol. The van der Waals surface area contributed by atoms with E-state index in [0.717, 1.165) is 0 Å². The Balaban J connectivity index is 3.16. The molecule has 1 aliphatic carbocycles. The Morgan fingerprint density at radius 2 is 1.62 bits per heavy atom. The summed E-state index contributed by atoms with van der Waals surface area (Å²) in [5, 5.41) is 66.2. The summed E-state index contributed by atoms with van der Waals surface area (Å²) in [6.45, 7) is -1.24. The molecule has 6 N–H and O–H groups in total. The van der Waals surface area contributed by atoms with Crippen LogP contribution < -0.4 is 0 Å². The van der Waals surface area contributed by atoms with Crippen molar-refractivity contribution in [2.45, 2.75) is 36.1 Å². The Morgan fingerprint density at radius 3 is 2.00 bits per heavy atom. The summed E-state index contributed by atoms with van der Waals surface area (Å²) in [7, 11) is 0. The molecule has 0 aliphatic heterocycles. The largest absolute Gasteiger partial charge is 0.393 e. The average Bonchev–Trinajstić information content (AvgIpc) is 2.23. The number of nitrogens with zero attached hydrogens (tertiary/aromatic N) is 1. The molecule has 0 radical (unpaired) electrons. The summed E-state index contributed by atoms with van der Waals surface area (Å²) in [4.78, 5) is 9.48. The van der Waals surface area contributed by atoms with Gasteiger partial charge in [0.2, 0.25) is 0 Å². The summed E-state index contributed by atoms with van der Waals surface area (Å²) in [6, 6.07) is -2.19. The lowest BCUT2D eigenvalue weighted by molar-refractivity contribution is -0.572. The Labute approximate surface area is 89.3 Å². The fourth-order valence-electron chi connectivity index (χ4n) is 1.84. The molecule has 16 heavy (non-hydrogen) atoms. The van der Waals surface area contributed by atoms with Crippen LogP contribution in [0.1, 0.15) is 0 Å². The van der Waals surface area contributed by atoms with Crippen molar-refractivity contribution in [3.63, 3.8) is 0 Å². The van der Waals surface area contributed by atoms with Crippen molar-refractivity contribution >= 4 is 0 Å². The topological polar surface area (TPSA) is 165 Å². The van der Waals surface area contributed by atoms with Gasteiger partial charge in [-0.05, 0) is 0 Å². The molecule has 9 nitrogen and oxygen atoms in total. The Bertz CT molecular complexity index is 286. The molecule has 0 bridgehead atoms. The molecule has 6 atom stereocenters. The van der Waals surface area contributed by atoms with Gasteiger partial charge in [-0.2, -0.15) is 0 Å². The highest BCUT2D eigenvalue weighted by Crippen LogP contribution is 2.31. The van der Waals surface area contributed by atoms with E-state index in [9.17, 15) is 35.6 Å². The molecule has 0 aromatic rings. The number of hydrogen-bond acceptors (Lipinski definition) is 8. The molecular formula is C7H13NO8. The van der Waals surface area contributed by atoms with E-state index in [2.05, 4.69) is 0 Å². The predicted molar refractivity (Wildman–Crippen MR) is 46.8 cm³/mol. The van der Waals surface area contributed by atoms with Crippen LogP contribution in [-0.2, 0) is 0 Å². The molecule has 0 saturated heterocycles. The maximum Gasteiger partial charge on any atom is 0.274 e. The highest BCUT2D eigenvalue weighted by Gasteiger charge is 2.64. The maximum atomic E-state index is 10.6. The first-order valence-corrected chi connectivity index (χ1v) is 4.46. The standard InChI is InChI=1S/C7H13NO8/c9-1-7(14)5(8(15)16)3(11)2(10)4(12)6(7)13/h2-6,9-14H,1H2/t2-,3-,4-,5+,6+,7+/m1/s1. The van der Waals surface area contributed by atoms with Gasteiger partial charge in [-0.15, -0.1) is 0 Å². The van der Waals surface area contributed by atoms with Crippen LogP contribution in [0.5, 0.6) is 0 Å². The van der Waals surface area contributed by atoms with Gasteiger partial charge in [0, 0.05) is 4.92 Å². The minimum absolute atomic E-state index is 1.13. The summed E-state index contributed by atoms with van der Waals surface area (Å²) in [5.74, 6) is 0. The minimum Gasteiger partial charge on any atom is -0.393 e. The third-order valence-electron chi connectivity index (χ3n) is 2.85. The summed E-state index contributed by atoms with van der Waals surface area (Å²) < 4.78 is 0. The van der Waals surface area contributed by atoms with Crippen LogP contribution in [0.15, 0.2) is 0 Å². The van der Waals surface area contributed by atoms with Crippen molar-refractivity contribution in [1.29, 1.82) is 0 Å². The van der Waals surface area contributed by atoms with Gasteiger partial charge in [-0.3, -0.25) is 10.1 Å². The Kier molecular flexibility index (Phi) is 3.47. The quantitative estimate of drug-likeness (QED) is 0.208. The van der Waals surface area contributed by atoms with Crippen molar-refractivity contribution in [1.82, 2.24) is 0 Å². The smallest absolute Gasteiger partial charge is 0.274 e. The van der Waals surface area contributed by atoms with Gasteiger partial charge < -0.3 is 30.6 Å². The molecule has 0 heterocycles.